The molecular weight excluding hydrogens is 362 g/mol. The first kappa shape index (κ1) is 18.7. The largest absolute Gasteiger partial charge is 0.375 e. The Morgan fingerprint density at radius 2 is 1.42 bits per heavy atom. The molecule has 0 aliphatic heterocycles. The predicted octanol–water partition coefficient (Wildman–Crippen LogP) is 5.91. The van der Waals surface area contributed by atoms with E-state index in [1.807, 2.05) is 98.8 Å². The molecule has 0 unspecified atom stereocenters. The van der Waals surface area contributed by atoms with Gasteiger partial charge in [-0.2, -0.15) is 0 Å². The Balaban J connectivity index is 1.99. The highest BCUT2D eigenvalue weighted by Gasteiger charge is 2.40. The standard InChI is InChI=1S/C22H22ClNOS/c1-17-13-15-20(16-14-17)26(25)22(2,23)21(18-9-5-3-6-10-18)24-19-11-7-4-8-12-19/h3-16,21,24H,1-2H3/t21-,22+,26+/m1/s1. The summed E-state index contributed by atoms with van der Waals surface area (Å²) in [6, 6.07) is 27.1. The van der Waals surface area contributed by atoms with Gasteiger partial charge in [0.25, 0.3) is 0 Å². The van der Waals surface area contributed by atoms with Crippen LogP contribution in [0.3, 0.4) is 0 Å². The van der Waals surface area contributed by atoms with E-state index in [9.17, 15) is 4.21 Å². The summed E-state index contributed by atoms with van der Waals surface area (Å²) in [6.45, 7) is 3.84. The Bertz CT molecular complexity index is 864. The van der Waals surface area contributed by atoms with Crippen LogP contribution >= 0.6 is 11.6 Å². The first-order chi connectivity index (χ1) is 12.5. The van der Waals surface area contributed by atoms with Gasteiger partial charge in [0.1, 0.15) is 4.21 Å². The fourth-order valence-corrected chi connectivity index (χ4v) is 4.56. The van der Waals surface area contributed by atoms with Crippen molar-refractivity contribution in [1.82, 2.24) is 0 Å². The molecule has 134 valence electrons. The Morgan fingerprint density at radius 1 is 0.885 bits per heavy atom. The zero-order chi connectivity index (χ0) is 18.6. The van der Waals surface area contributed by atoms with Gasteiger partial charge >= 0.3 is 0 Å². The lowest BCUT2D eigenvalue weighted by atomic mass is 10.0. The van der Waals surface area contributed by atoms with Gasteiger partial charge in [-0.25, -0.2) is 0 Å². The number of aryl methyl sites for hydroxylation is 1. The van der Waals surface area contributed by atoms with Gasteiger partial charge < -0.3 is 5.32 Å². The molecule has 4 heteroatoms. The van der Waals surface area contributed by atoms with E-state index in [1.165, 1.54) is 0 Å². The number of nitrogens with one attached hydrogen (secondary N) is 1. The van der Waals surface area contributed by atoms with Crippen molar-refractivity contribution < 1.29 is 4.21 Å². The number of hydrogen-bond donors (Lipinski definition) is 1. The van der Waals surface area contributed by atoms with Crippen LogP contribution in [0.5, 0.6) is 0 Å². The predicted molar refractivity (Wildman–Crippen MR) is 111 cm³/mol. The second-order valence-corrected chi connectivity index (χ2v) is 9.29. The van der Waals surface area contributed by atoms with Crippen molar-refractivity contribution in [2.45, 2.75) is 29.0 Å². The van der Waals surface area contributed by atoms with E-state index in [0.29, 0.717) is 0 Å². The zero-order valence-electron chi connectivity index (χ0n) is 14.9. The van der Waals surface area contributed by atoms with Crippen molar-refractivity contribution in [2.75, 3.05) is 5.32 Å². The summed E-state index contributed by atoms with van der Waals surface area (Å²) in [7, 11) is -1.40. The van der Waals surface area contributed by atoms with Crippen LogP contribution in [0.4, 0.5) is 5.69 Å². The average molecular weight is 384 g/mol. The minimum atomic E-state index is -1.40. The molecule has 3 atom stereocenters. The van der Waals surface area contributed by atoms with Crippen LogP contribution in [-0.2, 0) is 10.8 Å². The normalized spacial score (nSPS) is 15.7. The van der Waals surface area contributed by atoms with Crippen LogP contribution in [0.15, 0.2) is 89.8 Å². The van der Waals surface area contributed by atoms with Crippen LogP contribution in [0, 0.1) is 6.92 Å². The summed E-state index contributed by atoms with van der Waals surface area (Å²) in [4.78, 5) is 0.726. The van der Waals surface area contributed by atoms with Gasteiger partial charge in [0.2, 0.25) is 0 Å². The third-order valence-corrected chi connectivity index (χ3v) is 6.63. The molecular formula is C22H22ClNOS. The number of benzene rings is 3. The fraction of sp³-hybridized carbons (Fsp3) is 0.182. The topological polar surface area (TPSA) is 29.1 Å². The smallest absolute Gasteiger partial charge is 0.145 e. The maximum atomic E-state index is 13.3. The molecule has 3 aromatic rings. The summed E-state index contributed by atoms with van der Waals surface area (Å²) < 4.78 is 12.3. The third-order valence-electron chi connectivity index (χ3n) is 4.33. The third kappa shape index (κ3) is 4.17. The van der Waals surface area contributed by atoms with Gasteiger partial charge in [-0.3, -0.25) is 4.21 Å². The molecule has 0 bridgehead atoms. The Morgan fingerprint density at radius 3 is 2.00 bits per heavy atom. The summed E-state index contributed by atoms with van der Waals surface area (Å²) >= 11 is 6.95. The molecule has 0 aliphatic carbocycles. The number of hydrogen-bond acceptors (Lipinski definition) is 2. The van der Waals surface area contributed by atoms with Crippen molar-refractivity contribution in [3.05, 3.63) is 96.1 Å². The lowest BCUT2D eigenvalue weighted by Crippen LogP contribution is -2.36. The Kier molecular flexibility index (Phi) is 5.80. The number of halogens is 1. The highest BCUT2D eigenvalue weighted by atomic mass is 35.5. The first-order valence-corrected chi connectivity index (χ1v) is 10.1. The monoisotopic (exact) mass is 383 g/mol. The fourth-order valence-electron chi connectivity index (χ4n) is 2.86. The van der Waals surface area contributed by atoms with E-state index >= 15 is 0 Å². The lowest BCUT2D eigenvalue weighted by Gasteiger charge is -2.33. The van der Waals surface area contributed by atoms with Crippen molar-refractivity contribution in [3.63, 3.8) is 0 Å². The molecule has 0 spiro atoms. The van der Waals surface area contributed by atoms with Crippen LogP contribution in [0.1, 0.15) is 24.1 Å². The number of alkyl halides is 1. The Labute approximate surface area is 162 Å². The van der Waals surface area contributed by atoms with Crippen molar-refractivity contribution in [3.8, 4) is 0 Å². The molecule has 2 nitrogen and oxygen atoms in total. The van der Waals surface area contributed by atoms with E-state index in [2.05, 4.69) is 5.32 Å². The molecule has 0 saturated carbocycles. The molecule has 1 N–H and O–H groups in total. The van der Waals surface area contributed by atoms with Crippen LogP contribution in [0.25, 0.3) is 0 Å². The maximum Gasteiger partial charge on any atom is 0.145 e. The summed E-state index contributed by atoms with van der Waals surface area (Å²) in [5.41, 5.74) is 3.06. The van der Waals surface area contributed by atoms with E-state index in [1.54, 1.807) is 0 Å². The van der Waals surface area contributed by atoms with Gasteiger partial charge in [0, 0.05) is 10.6 Å². The van der Waals surface area contributed by atoms with Crippen molar-refractivity contribution in [2.24, 2.45) is 0 Å². The highest BCUT2D eigenvalue weighted by molar-refractivity contribution is 7.88. The Hall–Kier alpha value is -2.10. The van der Waals surface area contributed by atoms with Gasteiger partial charge in [0.05, 0.1) is 16.8 Å². The molecule has 0 aromatic heterocycles. The lowest BCUT2D eigenvalue weighted by molar-refractivity contribution is 0.635. The van der Waals surface area contributed by atoms with Crippen molar-refractivity contribution >= 4 is 28.1 Å². The molecule has 0 heterocycles. The van der Waals surface area contributed by atoms with E-state index in [0.717, 1.165) is 21.7 Å². The van der Waals surface area contributed by atoms with Crippen LogP contribution < -0.4 is 5.32 Å². The molecule has 3 rings (SSSR count). The minimum absolute atomic E-state index is 0.324. The molecule has 0 radical (unpaired) electrons. The second kappa shape index (κ2) is 8.07. The van der Waals surface area contributed by atoms with E-state index in [-0.39, 0.29) is 6.04 Å². The number of anilines is 1. The summed E-state index contributed by atoms with van der Waals surface area (Å²) in [5.74, 6) is 0. The van der Waals surface area contributed by atoms with E-state index in [4.69, 9.17) is 11.6 Å². The van der Waals surface area contributed by atoms with Gasteiger partial charge in [-0.05, 0) is 43.7 Å². The number of para-hydroxylation sites is 1. The second-order valence-electron chi connectivity index (χ2n) is 6.42. The minimum Gasteiger partial charge on any atom is -0.375 e. The molecule has 0 amide bonds. The highest BCUT2D eigenvalue weighted by Crippen LogP contribution is 2.40. The summed E-state index contributed by atoms with van der Waals surface area (Å²) in [5, 5.41) is 3.47. The maximum absolute atomic E-state index is 13.3. The number of rotatable bonds is 6. The zero-order valence-corrected chi connectivity index (χ0v) is 16.4. The molecule has 3 aromatic carbocycles. The SMILES string of the molecule is Cc1ccc([S@](=O)[C@](C)(Cl)[C@H](Nc2ccccc2)c2ccccc2)cc1. The first-order valence-electron chi connectivity index (χ1n) is 8.52. The summed E-state index contributed by atoms with van der Waals surface area (Å²) in [6.07, 6.45) is 0. The van der Waals surface area contributed by atoms with Crippen LogP contribution in [0.2, 0.25) is 0 Å². The van der Waals surface area contributed by atoms with Crippen LogP contribution in [-0.4, -0.2) is 8.42 Å². The van der Waals surface area contributed by atoms with Gasteiger partial charge in [-0.1, -0.05) is 66.2 Å². The molecule has 0 aliphatic rings. The van der Waals surface area contributed by atoms with Gasteiger partial charge in [-0.15, -0.1) is 11.6 Å². The van der Waals surface area contributed by atoms with Gasteiger partial charge in [0.15, 0.2) is 0 Å². The molecule has 0 fully saturated rings. The van der Waals surface area contributed by atoms with Crippen molar-refractivity contribution in [1.29, 1.82) is 0 Å². The molecule has 0 saturated heterocycles. The van der Waals surface area contributed by atoms with E-state index < -0.39 is 15.0 Å². The quantitative estimate of drug-likeness (QED) is 0.536. The average Bonchev–Trinajstić information content (AvgIpc) is 2.67. The molecule has 26 heavy (non-hydrogen) atoms.